The maximum atomic E-state index is 12.9. The first-order chi connectivity index (χ1) is 24.6. The molecule has 2 aromatic rings. The Morgan fingerprint density at radius 1 is 0.774 bits per heavy atom. The minimum absolute atomic E-state index is 0.163. The predicted octanol–water partition coefficient (Wildman–Crippen LogP) is 6.05. The van der Waals surface area contributed by atoms with Gasteiger partial charge in [-0.2, -0.15) is 8.42 Å². The number of pyridine rings is 2. The van der Waals surface area contributed by atoms with E-state index in [0.717, 1.165) is 78.6 Å². The molecule has 1 unspecified atom stereocenters. The summed E-state index contributed by atoms with van der Waals surface area (Å²) in [4.78, 5) is 34.5. The molecule has 0 aromatic carbocycles. The van der Waals surface area contributed by atoms with E-state index in [1.54, 1.807) is 0 Å². The molecule has 14 heteroatoms. The molecule has 53 heavy (non-hydrogen) atoms. The monoisotopic (exact) mass is 772 g/mol. The standard InChI is InChI=1S/C19H26N2O4S.C18H24N2O2.C2H6O2S/c1-11-6-8-19(9-7-11)17(25-26(5,23)24)16(18(22)21-19)15-12(2)10-13(3)20-14(15)4;1-10-5-7-18(8-6-10)16(21)15(17(22)20-18)14-11(2)9-12(3)19-13(14)4;1-4-5(2)3/h10-11H,6-9H2,1-5H3,(H,21,22);9-10,21H,5-8H2,1-4H3,(H,20,22);1-2H3. The number of carbonyl (C=O) groups excluding carboxylic acids is 2. The highest BCUT2D eigenvalue weighted by Gasteiger charge is 2.51. The first-order valence-corrected chi connectivity index (χ1v) is 21.4. The van der Waals surface area contributed by atoms with Gasteiger partial charge in [-0.25, -0.2) is 4.21 Å². The van der Waals surface area contributed by atoms with Crippen molar-refractivity contribution in [1.82, 2.24) is 20.6 Å². The van der Waals surface area contributed by atoms with Crippen molar-refractivity contribution in [3.05, 3.63) is 68.7 Å². The Balaban J connectivity index is 0.000000212. The molecule has 3 N–H and O–H groups in total. The Labute approximate surface area is 317 Å². The van der Waals surface area contributed by atoms with Crippen molar-refractivity contribution in [3.63, 3.8) is 0 Å². The van der Waals surface area contributed by atoms with Crippen molar-refractivity contribution < 1.29 is 35.7 Å². The van der Waals surface area contributed by atoms with E-state index in [9.17, 15) is 27.3 Å². The fourth-order valence-corrected chi connectivity index (χ4v) is 8.67. The van der Waals surface area contributed by atoms with Gasteiger partial charge < -0.3 is 19.9 Å². The number of hydrogen-bond donors (Lipinski definition) is 3. The lowest BCUT2D eigenvalue weighted by Gasteiger charge is -2.37. The topological polar surface area (TPSA) is 174 Å². The summed E-state index contributed by atoms with van der Waals surface area (Å²) in [7, 11) is -2.37. The zero-order chi connectivity index (χ0) is 39.6. The number of aliphatic hydroxyl groups excluding tert-OH is 1. The Kier molecular flexibility index (Phi) is 13.0. The molecular formula is C39H56N4O8S2. The maximum Gasteiger partial charge on any atom is 0.306 e. The van der Waals surface area contributed by atoms with Gasteiger partial charge in [0.15, 0.2) is 16.8 Å². The summed E-state index contributed by atoms with van der Waals surface area (Å²) in [5.74, 6) is 1.23. The summed E-state index contributed by atoms with van der Waals surface area (Å²) in [6, 6.07) is 3.86. The van der Waals surface area contributed by atoms with Gasteiger partial charge in [-0.3, -0.25) is 23.7 Å². The molecule has 4 heterocycles. The first-order valence-electron chi connectivity index (χ1n) is 18.1. The van der Waals surface area contributed by atoms with Crippen LogP contribution in [0, 0.1) is 53.4 Å². The van der Waals surface area contributed by atoms with Crippen molar-refractivity contribution in [1.29, 1.82) is 0 Å². The fourth-order valence-electron chi connectivity index (χ4n) is 8.12. The molecule has 2 aromatic heterocycles. The summed E-state index contributed by atoms with van der Waals surface area (Å²) in [5.41, 5.74) is 6.06. The molecular weight excluding hydrogens is 717 g/mol. The van der Waals surface area contributed by atoms with Crippen LogP contribution >= 0.6 is 0 Å². The Morgan fingerprint density at radius 3 is 1.55 bits per heavy atom. The summed E-state index contributed by atoms with van der Waals surface area (Å²) >= 11 is -1.07. The van der Waals surface area contributed by atoms with E-state index in [4.69, 9.17) is 4.18 Å². The first kappa shape index (κ1) is 42.1. The molecule has 0 radical (unpaired) electrons. The van der Waals surface area contributed by atoms with Crippen LogP contribution in [0.3, 0.4) is 0 Å². The third-order valence-electron chi connectivity index (χ3n) is 10.8. The molecule has 0 bridgehead atoms. The number of aryl methyl sites for hydroxylation is 6. The number of nitrogens with zero attached hydrogens (tertiary/aromatic N) is 2. The number of aromatic nitrogens is 2. The van der Waals surface area contributed by atoms with Crippen molar-refractivity contribution in [2.45, 2.75) is 118 Å². The van der Waals surface area contributed by atoms with Crippen LogP contribution < -0.4 is 10.6 Å². The van der Waals surface area contributed by atoms with Crippen LogP contribution in [0.25, 0.3) is 11.1 Å². The summed E-state index contributed by atoms with van der Waals surface area (Å²) < 4.78 is 43.3. The molecule has 12 nitrogen and oxygen atoms in total. The quantitative estimate of drug-likeness (QED) is 0.304. The van der Waals surface area contributed by atoms with Crippen LogP contribution in [-0.4, -0.2) is 70.2 Å². The normalized spacial score (nSPS) is 26.1. The smallest absolute Gasteiger partial charge is 0.306 e. The van der Waals surface area contributed by atoms with E-state index in [0.29, 0.717) is 47.1 Å². The van der Waals surface area contributed by atoms with Gasteiger partial charge in [0.1, 0.15) is 11.3 Å². The number of hydrogen-bond acceptors (Lipinski definition) is 10. The van der Waals surface area contributed by atoms with Gasteiger partial charge in [-0.05, 0) is 128 Å². The summed E-state index contributed by atoms with van der Waals surface area (Å²) in [6.45, 7) is 15.8. The molecule has 2 amide bonds. The van der Waals surface area contributed by atoms with Gasteiger partial charge >= 0.3 is 10.1 Å². The molecule has 0 saturated heterocycles. The second kappa shape index (κ2) is 16.4. The third kappa shape index (κ3) is 9.37. The average molecular weight is 773 g/mol. The number of rotatable bonds is 5. The molecule has 2 aliphatic carbocycles. The summed E-state index contributed by atoms with van der Waals surface area (Å²) in [5, 5.41) is 17.0. The SMILES string of the molecule is COS(C)=O.Cc1cc(C)c(C2=C(O)C3(CCC(C)CC3)NC2=O)c(C)n1.Cc1cc(C)c(C2=C(OS(C)(=O)=O)C3(CCC(C)CC3)NC2=O)c(C)n1. The predicted molar refractivity (Wildman–Crippen MR) is 207 cm³/mol. The van der Waals surface area contributed by atoms with Crippen LogP contribution in [0.4, 0.5) is 0 Å². The Hall–Kier alpha value is -3.62. The van der Waals surface area contributed by atoms with Gasteiger partial charge in [0, 0.05) is 40.2 Å². The number of amides is 2. The van der Waals surface area contributed by atoms with Gasteiger partial charge in [-0.15, -0.1) is 0 Å². The van der Waals surface area contributed by atoms with Crippen LogP contribution in [0.1, 0.15) is 110 Å². The highest BCUT2D eigenvalue weighted by Crippen LogP contribution is 2.46. The van der Waals surface area contributed by atoms with Crippen molar-refractivity contribution in [2.24, 2.45) is 11.8 Å². The molecule has 2 saturated carbocycles. The van der Waals surface area contributed by atoms with E-state index >= 15 is 0 Å². The number of nitrogens with one attached hydrogen (secondary N) is 2. The molecule has 6 rings (SSSR count). The van der Waals surface area contributed by atoms with E-state index in [1.807, 2.05) is 53.7 Å². The van der Waals surface area contributed by atoms with Crippen molar-refractivity contribution in [2.75, 3.05) is 19.6 Å². The van der Waals surface area contributed by atoms with Gasteiger partial charge in [0.05, 0.1) is 30.1 Å². The van der Waals surface area contributed by atoms with Crippen molar-refractivity contribution >= 4 is 44.2 Å². The van der Waals surface area contributed by atoms with Gasteiger partial charge in [0.25, 0.3) is 11.8 Å². The van der Waals surface area contributed by atoms with Crippen LogP contribution in [0.2, 0.25) is 0 Å². The van der Waals surface area contributed by atoms with Crippen molar-refractivity contribution in [3.8, 4) is 0 Å². The minimum atomic E-state index is -3.77. The molecule has 1 atom stereocenters. The van der Waals surface area contributed by atoms with E-state index in [1.165, 1.54) is 13.4 Å². The zero-order valence-corrected chi connectivity index (χ0v) is 34.6. The largest absolute Gasteiger partial charge is 0.509 e. The highest BCUT2D eigenvalue weighted by atomic mass is 32.2. The van der Waals surface area contributed by atoms with Crippen LogP contribution in [0.15, 0.2) is 23.7 Å². The third-order valence-corrected chi connectivity index (χ3v) is 11.7. The molecule has 4 aliphatic rings. The zero-order valence-electron chi connectivity index (χ0n) is 33.0. The minimum Gasteiger partial charge on any atom is -0.509 e. The number of aliphatic hydroxyl groups is 1. The Bertz CT molecular complexity index is 1910. The lowest BCUT2D eigenvalue weighted by atomic mass is 9.76. The van der Waals surface area contributed by atoms with Crippen LogP contribution in [0.5, 0.6) is 0 Å². The Morgan fingerprint density at radius 2 is 1.15 bits per heavy atom. The second-order valence-electron chi connectivity index (χ2n) is 15.3. The molecule has 2 fully saturated rings. The number of carbonyl (C=O) groups is 2. The van der Waals surface area contributed by atoms with Gasteiger partial charge in [-0.1, -0.05) is 13.8 Å². The van der Waals surface area contributed by atoms with Crippen LogP contribution in [-0.2, 0) is 39.2 Å². The molecule has 2 aliphatic heterocycles. The van der Waals surface area contributed by atoms with E-state index in [2.05, 4.69) is 38.6 Å². The molecule has 2 spiro atoms. The van der Waals surface area contributed by atoms with E-state index < -0.39 is 32.3 Å². The fraction of sp³-hybridized carbons (Fsp3) is 0.590. The average Bonchev–Trinajstić information content (AvgIpc) is 3.43. The maximum absolute atomic E-state index is 12.9. The second-order valence-corrected chi connectivity index (χ2v) is 18.0. The molecule has 292 valence electrons. The van der Waals surface area contributed by atoms with E-state index in [-0.39, 0.29) is 23.3 Å². The van der Waals surface area contributed by atoms with Gasteiger partial charge in [0.2, 0.25) is 0 Å². The summed E-state index contributed by atoms with van der Waals surface area (Å²) in [6.07, 6.45) is 9.34. The highest BCUT2D eigenvalue weighted by molar-refractivity contribution is 7.86. The lowest BCUT2D eigenvalue weighted by Crippen LogP contribution is -2.47. The lowest BCUT2D eigenvalue weighted by molar-refractivity contribution is -0.117.